The SMILES string of the molecule is COC(=O)c1sc(Sc2nnc(-c3cccs3)n2N)nc1Cl. The number of aromatic nitrogens is 4. The molecule has 7 nitrogen and oxygen atoms in total. The Morgan fingerprint density at radius 2 is 2.32 bits per heavy atom. The lowest BCUT2D eigenvalue weighted by atomic mass is 10.4. The average molecular weight is 374 g/mol. The fourth-order valence-corrected chi connectivity index (χ4v) is 4.43. The smallest absolute Gasteiger partial charge is 0.351 e. The van der Waals surface area contributed by atoms with Gasteiger partial charge in [0.15, 0.2) is 20.2 Å². The van der Waals surface area contributed by atoms with Crippen molar-refractivity contribution in [3.8, 4) is 10.7 Å². The molecule has 0 unspecified atom stereocenters. The monoisotopic (exact) mass is 373 g/mol. The van der Waals surface area contributed by atoms with E-state index in [1.54, 1.807) is 0 Å². The summed E-state index contributed by atoms with van der Waals surface area (Å²) in [6.07, 6.45) is 0. The van der Waals surface area contributed by atoms with Gasteiger partial charge in [0.05, 0.1) is 12.0 Å². The van der Waals surface area contributed by atoms with E-state index < -0.39 is 5.97 Å². The average Bonchev–Trinajstić information content (AvgIpc) is 3.21. The highest BCUT2D eigenvalue weighted by atomic mass is 35.5. The van der Waals surface area contributed by atoms with Crippen molar-refractivity contribution in [2.24, 2.45) is 0 Å². The number of esters is 1. The zero-order valence-electron chi connectivity index (χ0n) is 11.0. The molecule has 22 heavy (non-hydrogen) atoms. The molecule has 0 aliphatic carbocycles. The number of ether oxygens (including phenoxy) is 1. The van der Waals surface area contributed by atoms with Crippen molar-refractivity contribution < 1.29 is 9.53 Å². The van der Waals surface area contributed by atoms with Crippen LogP contribution in [0.5, 0.6) is 0 Å². The van der Waals surface area contributed by atoms with Gasteiger partial charge in [-0.25, -0.2) is 14.5 Å². The summed E-state index contributed by atoms with van der Waals surface area (Å²) >= 11 is 9.73. The van der Waals surface area contributed by atoms with Gasteiger partial charge >= 0.3 is 5.97 Å². The Morgan fingerprint density at radius 1 is 1.50 bits per heavy atom. The number of nitrogens with two attached hydrogens (primary N) is 1. The minimum absolute atomic E-state index is 0.0981. The second-order valence-electron chi connectivity index (χ2n) is 3.85. The highest BCUT2D eigenvalue weighted by Gasteiger charge is 2.20. The first-order valence-electron chi connectivity index (χ1n) is 5.77. The highest BCUT2D eigenvalue weighted by Crippen LogP contribution is 2.35. The zero-order chi connectivity index (χ0) is 15.7. The molecule has 0 aliphatic rings. The first kappa shape index (κ1) is 15.3. The molecule has 3 rings (SSSR count). The lowest BCUT2D eigenvalue weighted by Crippen LogP contribution is -2.10. The van der Waals surface area contributed by atoms with Crippen LogP contribution >= 0.6 is 46.0 Å². The van der Waals surface area contributed by atoms with E-state index in [0.717, 1.165) is 16.2 Å². The van der Waals surface area contributed by atoms with Gasteiger partial charge in [-0.2, -0.15) is 0 Å². The van der Waals surface area contributed by atoms with Gasteiger partial charge in [0.2, 0.25) is 5.16 Å². The molecule has 0 bridgehead atoms. The van der Waals surface area contributed by atoms with Crippen LogP contribution in [0.3, 0.4) is 0 Å². The van der Waals surface area contributed by atoms with Crippen molar-refractivity contribution in [3.05, 3.63) is 27.5 Å². The molecule has 0 saturated carbocycles. The van der Waals surface area contributed by atoms with Gasteiger partial charge < -0.3 is 10.6 Å². The van der Waals surface area contributed by atoms with Crippen LogP contribution in [0.15, 0.2) is 27.0 Å². The molecule has 3 aromatic rings. The molecule has 0 atom stereocenters. The number of nitrogens with zero attached hydrogens (tertiary/aromatic N) is 4. The lowest BCUT2D eigenvalue weighted by molar-refractivity contribution is 0.0606. The van der Waals surface area contributed by atoms with Gasteiger partial charge in [-0.1, -0.05) is 29.0 Å². The van der Waals surface area contributed by atoms with Crippen LogP contribution < -0.4 is 5.84 Å². The second kappa shape index (κ2) is 6.24. The summed E-state index contributed by atoms with van der Waals surface area (Å²) in [4.78, 5) is 16.8. The van der Waals surface area contributed by atoms with Crippen molar-refractivity contribution >= 4 is 52.0 Å². The molecule has 3 aromatic heterocycles. The summed E-state index contributed by atoms with van der Waals surface area (Å²) in [5.41, 5.74) is 0. The van der Waals surface area contributed by atoms with Crippen molar-refractivity contribution in [1.82, 2.24) is 19.9 Å². The molecular formula is C11H8ClN5O2S3. The van der Waals surface area contributed by atoms with E-state index in [0.29, 0.717) is 15.3 Å². The van der Waals surface area contributed by atoms with Crippen molar-refractivity contribution in [2.75, 3.05) is 13.0 Å². The van der Waals surface area contributed by atoms with Gasteiger partial charge in [0.25, 0.3) is 0 Å². The number of carbonyl (C=O) groups excluding carboxylic acids is 1. The maximum absolute atomic E-state index is 11.5. The Kier molecular flexibility index (Phi) is 4.34. The van der Waals surface area contributed by atoms with Crippen LogP contribution in [0.25, 0.3) is 10.7 Å². The Labute approximate surface area is 142 Å². The van der Waals surface area contributed by atoms with Crippen LogP contribution in [-0.4, -0.2) is 32.9 Å². The standard InChI is InChI=1S/C11H8ClN5O2S3/c1-19-9(18)6-7(12)14-11(21-6)22-10-16-15-8(17(10)13)5-3-2-4-20-5/h2-4H,13H2,1H3. The third-order valence-electron chi connectivity index (χ3n) is 2.52. The maximum Gasteiger partial charge on any atom is 0.351 e. The normalized spacial score (nSPS) is 10.8. The molecule has 0 amide bonds. The molecule has 0 saturated heterocycles. The quantitative estimate of drug-likeness (QED) is 0.554. The number of thiophene rings is 1. The molecule has 0 spiro atoms. The van der Waals surface area contributed by atoms with Gasteiger partial charge in [-0.15, -0.1) is 21.5 Å². The number of hydrogen-bond acceptors (Lipinski definition) is 9. The van der Waals surface area contributed by atoms with Gasteiger partial charge in [0, 0.05) is 0 Å². The Morgan fingerprint density at radius 3 is 3.00 bits per heavy atom. The first-order chi connectivity index (χ1) is 10.6. The summed E-state index contributed by atoms with van der Waals surface area (Å²) in [6, 6.07) is 3.81. The first-order valence-corrected chi connectivity index (χ1v) is 8.66. The molecule has 0 radical (unpaired) electrons. The Bertz CT molecular complexity index is 814. The van der Waals surface area contributed by atoms with Crippen molar-refractivity contribution in [3.63, 3.8) is 0 Å². The van der Waals surface area contributed by atoms with E-state index in [-0.39, 0.29) is 10.0 Å². The summed E-state index contributed by atoms with van der Waals surface area (Å²) in [6.45, 7) is 0. The van der Waals surface area contributed by atoms with Crippen LogP contribution in [0.2, 0.25) is 5.15 Å². The largest absolute Gasteiger partial charge is 0.465 e. The predicted octanol–water partition coefficient (Wildman–Crippen LogP) is 2.77. The minimum Gasteiger partial charge on any atom is -0.465 e. The van der Waals surface area contributed by atoms with Crippen molar-refractivity contribution in [1.29, 1.82) is 0 Å². The molecule has 11 heteroatoms. The van der Waals surface area contributed by atoms with E-state index in [1.807, 2.05) is 17.5 Å². The number of halogens is 1. The van der Waals surface area contributed by atoms with Crippen LogP contribution in [0, 0.1) is 0 Å². The summed E-state index contributed by atoms with van der Waals surface area (Å²) in [5, 5.41) is 10.6. The third-order valence-corrected chi connectivity index (χ3v) is 5.83. The minimum atomic E-state index is -0.525. The van der Waals surface area contributed by atoms with Crippen LogP contribution in [0.1, 0.15) is 9.67 Å². The predicted molar refractivity (Wildman–Crippen MR) is 86.1 cm³/mol. The van der Waals surface area contributed by atoms with Crippen molar-refractivity contribution in [2.45, 2.75) is 9.50 Å². The summed E-state index contributed by atoms with van der Waals surface area (Å²) in [5.74, 6) is 6.04. The summed E-state index contributed by atoms with van der Waals surface area (Å²) < 4.78 is 6.55. The number of nitrogen functional groups attached to an aromatic ring is 1. The van der Waals surface area contributed by atoms with E-state index in [2.05, 4.69) is 19.9 Å². The number of rotatable bonds is 4. The fraction of sp³-hybridized carbons (Fsp3) is 0.0909. The number of carbonyl (C=O) groups is 1. The maximum atomic E-state index is 11.5. The number of hydrogen-bond donors (Lipinski definition) is 1. The molecule has 0 aromatic carbocycles. The lowest BCUT2D eigenvalue weighted by Gasteiger charge is -1.99. The molecule has 2 N–H and O–H groups in total. The van der Waals surface area contributed by atoms with E-state index in [1.165, 1.54) is 34.9 Å². The van der Waals surface area contributed by atoms with E-state index in [4.69, 9.17) is 17.4 Å². The van der Waals surface area contributed by atoms with E-state index in [9.17, 15) is 4.79 Å². The Balaban J connectivity index is 1.87. The third kappa shape index (κ3) is 2.82. The Hall–Kier alpha value is -1.62. The summed E-state index contributed by atoms with van der Waals surface area (Å²) in [7, 11) is 1.29. The van der Waals surface area contributed by atoms with Crippen LogP contribution in [0.4, 0.5) is 0 Å². The fourth-order valence-electron chi connectivity index (χ4n) is 1.54. The van der Waals surface area contributed by atoms with Gasteiger partial charge in [-0.05, 0) is 23.2 Å². The van der Waals surface area contributed by atoms with Gasteiger partial charge in [0.1, 0.15) is 0 Å². The molecule has 114 valence electrons. The molecule has 0 fully saturated rings. The number of methoxy groups -OCH3 is 1. The zero-order valence-corrected chi connectivity index (χ0v) is 14.2. The molecule has 3 heterocycles. The van der Waals surface area contributed by atoms with E-state index >= 15 is 0 Å². The number of thiazole rings is 1. The van der Waals surface area contributed by atoms with Crippen LogP contribution in [-0.2, 0) is 4.74 Å². The molecule has 0 aliphatic heterocycles. The highest BCUT2D eigenvalue weighted by molar-refractivity contribution is 8.00. The topological polar surface area (TPSA) is 95.9 Å². The van der Waals surface area contributed by atoms with Gasteiger partial charge in [-0.3, -0.25) is 0 Å². The second-order valence-corrected chi connectivity index (χ2v) is 7.37. The molecular weight excluding hydrogens is 366 g/mol.